The first-order valence-electron chi connectivity index (χ1n) is 27.3. The minimum Gasteiger partial charge on any atom is -0.358 e. The summed E-state index contributed by atoms with van der Waals surface area (Å²) < 4.78 is 5.27. The van der Waals surface area contributed by atoms with E-state index < -0.39 is 0 Å². The lowest BCUT2D eigenvalue weighted by atomic mass is 9.72. The van der Waals surface area contributed by atoms with Crippen molar-refractivity contribution in [1.29, 1.82) is 0 Å². The Bertz CT molecular complexity index is 3870. The zero-order valence-electron chi connectivity index (χ0n) is 45.8. The van der Waals surface area contributed by atoms with Gasteiger partial charge in [-0.3, -0.25) is 0 Å². The SMILES string of the molecule is CC1c2c(c3ccc(-n4c5ccc(C(C)(C)C)cc5c5cc(C(C)(C)C)ccc54)cc3n2-c2cc3ccc4cccc5ccc(c2)c3c45)CCC1N1c2ccc(C(C)(C)C)cc2C2C=C(C(C)(C)C)C=CC21C. The van der Waals surface area contributed by atoms with Gasteiger partial charge in [0.1, 0.15) is 0 Å². The van der Waals surface area contributed by atoms with E-state index in [4.69, 9.17) is 0 Å². The Balaban J connectivity index is 1.05. The van der Waals surface area contributed by atoms with Gasteiger partial charge in [-0.15, -0.1) is 0 Å². The largest absolute Gasteiger partial charge is 0.358 e. The van der Waals surface area contributed by atoms with Crippen molar-refractivity contribution in [2.24, 2.45) is 5.41 Å². The second kappa shape index (κ2) is 15.3. The number of hydrogen-bond acceptors (Lipinski definition) is 1. The van der Waals surface area contributed by atoms with Crippen LogP contribution in [0.15, 0.2) is 151 Å². The molecule has 368 valence electrons. The van der Waals surface area contributed by atoms with Crippen molar-refractivity contribution in [3.63, 3.8) is 0 Å². The summed E-state index contributed by atoms with van der Waals surface area (Å²) >= 11 is 0. The molecule has 73 heavy (non-hydrogen) atoms. The van der Waals surface area contributed by atoms with Gasteiger partial charge in [0, 0.05) is 56.8 Å². The molecular weight excluding hydrogens is 883 g/mol. The average Bonchev–Trinajstić information content (AvgIpc) is 3.94. The Morgan fingerprint density at radius 2 is 1.07 bits per heavy atom. The summed E-state index contributed by atoms with van der Waals surface area (Å²) in [6.45, 7) is 33.2. The molecule has 0 fully saturated rings. The first-order chi connectivity index (χ1) is 34.5. The molecule has 3 aliphatic rings. The summed E-state index contributed by atoms with van der Waals surface area (Å²) in [7, 11) is 0. The van der Waals surface area contributed by atoms with Gasteiger partial charge in [0.25, 0.3) is 0 Å². The van der Waals surface area contributed by atoms with E-state index in [0.717, 1.165) is 12.8 Å². The average molecular weight is 956 g/mol. The van der Waals surface area contributed by atoms with Crippen LogP contribution in [0.25, 0.3) is 76.4 Å². The van der Waals surface area contributed by atoms with Crippen molar-refractivity contribution < 1.29 is 0 Å². The van der Waals surface area contributed by atoms with Crippen molar-refractivity contribution in [2.75, 3.05) is 4.90 Å². The molecule has 3 heteroatoms. The number of hydrogen-bond donors (Lipinski definition) is 0. The highest BCUT2D eigenvalue weighted by atomic mass is 15.3. The third-order valence-corrected chi connectivity index (χ3v) is 18.0. The number of aryl methyl sites for hydroxylation is 1. The molecule has 2 aliphatic carbocycles. The monoisotopic (exact) mass is 956 g/mol. The van der Waals surface area contributed by atoms with E-state index in [2.05, 4.69) is 257 Å². The summed E-state index contributed by atoms with van der Waals surface area (Å²) in [6.07, 6.45) is 9.78. The number of rotatable bonds is 3. The minimum absolute atomic E-state index is 0.0318. The zero-order valence-corrected chi connectivity index (χ0v) is 45.8. The summed E-state index contributed by atoms with van der Waals surface area (Å²) in [5.74, 6) is 0.480. The van der Waals surface area contributed by atoms with Gasteiger partial charge in [-0.25, -0.2) is 0 Å². The molecule has 0 saturated carbocycles. The lowest BCUT2D eigenvalue weighted by molar-refractivity contribution is 0.370. The van der Waals surface area contributed by atoms with Crippen molar-refractivity contribution in [1.82, 2.24) is 9.13 Å². The van der Waals surface area contributed by atoms with E-state index in [0.29, 0.717) is 0 Å². The molecule has 4 unspecified atom stereocenters. The van der Waals surface area contributed by atoms with Crippen molar-refractivity contribution >= 4 is 70.7 Å². The second-order valence-electron chi connectivity index (χ2n) is 26.9. The molecule has 8 aromatic carbocycles. The van der Waals surface area contributed by atoms with Gasteiger partial charge in [-0.05, 0) is 162 Å². The summed E-state index contributed by atoms with van der Waals surface area (Å²) in [4.78, 5) is 2.89. The molecule has 0 radical (unpaired) electrons. The topological polar surface area (TPSA) is 13.1 Å². The fourth-order valence-corrected chi connectivity index (χ4v) is 13.9. The number of benzene rings is 8. The number of allylic oxidation sites excluding steroid dienone is 2. The van der Waals surface area contributed by atoms with Crippen molar-refractivity contribution in [3.05, 3.63) is 185 Å². The van der Waals surface area contributed by atoms with Crippen LogP contribution in [-0.4, -0.2) is 20.7 Å². The van der Waals surface area contributed by atoms with E-state index in [1.54, 1.807) is 0 Å². The quantitative estimate of drug-likeness (QED) is 0.161. The Kier molecular flexibility index (Phi) is 9.66. The van der Waals surface area contributed by atoms with E-state index in [9.17, 15) is 0 Å². The first kappa shape index (κ1) is 46.2. The summed E-state index contributed by atoms with van der Waals surface area (Å²) in [6, 6.07) is 50.7. The van der Waals surface area contributed by atoms with Crippen LogP contribution in [-0.2, 0) is 22.7 Å². The minimum atomic E-state index is -0.207. The molecule has 10 aromatic rings. The standard InChI is InChI=1S/C70H73N3/c1-41-58(73-61-30-24-48(68(8,9)10)38-56(61)57-39-49(69(11,12)13)32-33-70(57,73)14)31-27-53-52-26-25-50(71-59-28-22-46(66(2,3)4)36-54(59)55-37-47(67(5,6)7)23-29-60(55)71)40-62(52)72(65(41)53)51-34-44-20-18-42-16-15-17-43-19-21-45(35-51)64(44)63(42)43/h15-26,28-30,32-41,57-58H,27,31H2,1-14H3. The van der Waals surface area contributed by atoms with E-state index in [1.165, 1.54) is 121 Å². The van der Waals surface area contributed by atoms with Crippen LogP contribution in [0.5, 0.6) is 0 Å². The Hall–Kier alpha value is -6.58. The molecule has 0 spiro atoms. The van der Waals surface area contributed by atoms with Crippen molar-refractivity contribution in [3.8, 4) is 11.4 Å². The molecule has 0 amide bonds. The number of nitrogens with zero attached hydrogens (tertiary/aromatic N) is 3. The lowest BCUT2D eigenvalue weighted by Crippen LogP contribution is -2.53. The molecule has 3 heterocycles. The summed E-state index contributed by atoms with van der Waals surface area (Å²) in [5, 5.41) is 11.9. The maximum absolute atomic E-state index is 2.89. The summed E-state index contributed by atoms with van der Waals surface area (Å²) in [5.41, 5.74) is 17.6. The molecule has 0 saturated heterocycles. The van der Waals surface area contributed by atoms with Gasteiger partial charge in [-0.2, -0.15) is 0 Å². The molecule has 2 aromatic heterocycles. The van der Waals surface area contributed by atoms with E-state index >= 15 is 0 Å². The molecule has 4 atom stereocenters. The molecule has 0 bridgehead atoms. The Labute approximate surface area is 433 Å². The third kappa shape index (κ3) is 6.82. The van der Waals surface area contributed by atoms with Gasteiger partial charge in [0.15, 0.2) is 0 Å². The van der Waals surface area contributed by atoms with Gasteiger partial charge >= 0.3 is 0 Å². The highest BCUT2D eigenvalue weighted by Gasteiger charge is 2.52. The molecule has 0 N–H and O–H groups in total. The fourth-order valence-electron chi connectivity index (χ4n) is 13.9. The van der Waals surface area contributed by atoms with Gasteiger partial charge < -0.3 is 14.0 Å². The smallest absolute Gasteiger partial charge is 0.0667 e. The molecular formula is C70H73N3. The normalized spacial score (nSPS) is 20.5. The van der Waals surface area contributed by atoms with E-state index in [1.807, 2.05) is 0 Å². The van der Waals surface area contributed by atoms with E-state index in [-0.39, 0.29) is 45.1 Å². The maximum Gasteiger partial charge on any atom is 0.0667 e. The van der Waals surface area contributed by atoms with Crippen LogP contribution in [0.4, 0.5) is 5.69 Å². The van der Waals surface area contributed by atoms with Crippen LogP contribution < -0.4 is 4.90 Å². The highest BCUT2D eigenvalue weighted by Crippen LogP contribution is 2.57. The van der Waals surface area contributed by atoms with Crippen LogP contribution in [0.1, 0.15) is 149 Å². The molecule has 3 nitrogen and oxygen atoms in total. The Morgan fingerprint density at radius 3 is 1.66 bits per heavy atom. The predicted molar refractivity (Wildman–Crippen MR) is 315 cm³/mol. The van der Waals surface area contributed by atoms with Gasteiger partial charge in [-0.1, -0.05) is 181 Å². The molecule has 1 aliphatic heterocycles. The van der Waals surface area contributed by atoms with Crippen LogP contribution in [0.3, 0.4) is 0 Å². The zero-order chi connectivity index (χ0) is 51.1. The lowest BCUT2D eigenvalue weighted by Gasteiger charge is -2.48. The Morgan fingerprint density at radius 1 is 0.507 bits per heavy atom. The van der Waals surface area contributed by atoms with Gasteiger partial charge in [0.2, 0.25) is 0 Å². The third-order valence-electron chi connectivity index (χ3n) is 18.0. The first-order valence-corrected chi connectivity index (χ1v) is 27.3. The van der Waals surface area contributed by atoms with Crippen LogP contribution in [0, 0.1) is 5.41 Å². The molecule has 13 rings (SSSR count). The van der Waals surface area contributed by atoms with Crippen molar-refractivity contribution in [2.45, 2.75) is 149 Å². The second-order valence-corrected chi connectivity index (χ2v) is 26.9. The maximum atomic E-state index is 2.89. The number of aromatic nitrogens is 2. The predicted octanol–water partition coefficient (Wildman–Crippen LogP) is 18.8. The van der Waals surface area contributed by atoms with Crippen LogP contribution in [0.2, 0.25) is 0 Å². The highest BCUT2D eigenvalue weighted by molar-refractivity contribution is 6.23. The number of anilines is 1. The fraction of sp³-hybridized carbons (Fsp3) is 0.343. The number of fused-ring (bicyclic) bond motifs is 9. The van der Waals surface area contributed by atoms with Crippen LogP contribution >= 0.6 is 0 Å². The van der Waals surface area contributed by atoms with Gasteiger partial charge in [0.05, 0.1) is 22.1 Å².